The van der Waals surface area contributed by atoms with Gasteiger partial charge in [-0.25, -0.2) is 0 Å². The molecule has 1 atom stereocenters. The predicted octanol–water partition coefficient (Wildman–Crippen LogP) is 3.01. The van der Waals surface area contributed by atoms with Crippen LogP contribution >= 0.6 is 11.6 Å². The summed E-state index contributed by atoms with van der Waals surface area (Å²) in [5.74, 6) is 0.844. The molecular weight excluding hydrogens is 336 g/mol. The summed E-state index contributed by atoms with van der Waals surface area (Å²) in [5, 5.41) is 3.58. The fourth-order valence-electron chi connectivity index (χ4n) is 2.78. The van der Waals surface area contributed by atoms with Gasteiger partial charge in [-0.05, 0) is 50.6 Å². The minimum Gasteiger partial charge on any atom is -0.496 e. The monoisotopic (exact) mass is 361 g/mol. The molecule has 0 bridgehead atoms. The van der Waals surface area contributed by atoms with E-state index in [0.717, 1.165) is 35.7 Å². The number of ether oxygens (including phenoxy) is 1. The van der Waals surface area contributed by atoms with E-state index < -0.39 is 0 Å². The van der Waals surface area contributed by atoms with Crippen molar-refractivity contribution in [2.24, 2.45) is 0 Å². The van der Waals surface area contributed by atoms with Crippen molar-refractivity contribution in [1.29, 1.82) is 0 Å². The molecule has 0 aliphatic carbocycles. The van der Waals surface area contributed by atoms with Crippen molar-refractivity contribution in [2.45, 2.75) is 27.3 Å². The zero-order valence-electron chi connectivity index (χ0n) is 15.3. The predicted molar refractivity (Wildman–Crippen MR) is 103 cm³/mol. The molecule has 134 valence electrons. The molecule has 2 N–H and O–H groups in total. The maximum Gasteiger partial charge on any atom is 0.279 e. The van der Waals surface area contributed by atoms with Gasteiger partial charge in [0.2, 0.25) is 0 Å². The van der Waals surface area contributed by atoms with Gasteiger partial charge >= 0.3 is 0 Å². The second-order valence-corrected chi connectivity index (χ2v) is 6.72. The van der Waals surface area contributed by atoms with Crippen molar-refractivity contribution in [2.75, 3.05) is 25.5 Å². The van der Waals surface area contributed by atoms with Gasteiger partial charge in [-0.1, -0.05) is 29.3 Å². The first kappa shape index (κ1) is 19.3. The molecule has 1 unspecified atom stereocenters. The number of aryl methyl sites for hydroxylation is 2. The summed E-state index contributed by atoms with van der Waals surface area (Å²) < 4.78 is 5.45. The van der Waals surface area contributed by atoms with Crippen LogP contribution in [0, 0.1) is 13.8 Å². The summed E-state index contributed by atoms with van der Waals surface area (Å²) in [5.41, 5.74) is 4.06. The Balaban J connectivity index is 2.05. The third-order valence-corrected chi connectivity index (χ3v) is 4.50. The Morgan fingerprint density at radius 1 is 1.20 bits per heavy atom. The van der Waals surface area contributed by atoms with E-state index in [4.69, 9.17) is 16.3 Å². The lowest BCUT2D eigenvalue weighted by Gasteiger charge is -2.19. The molecule has 2 rings (SSSR count). The van der Waals surface area contributed by atoms with Crippen LogP contribution in [0.5, 0.6) is 5.75 Å². The number of likely N-dealkylation sites (N-methyl/N-ethyl adjacent to an activating group) is 1. The Bertz CT molecular complexity index is 746. The van der Waals surface area contributed by atoms with Crippen LogP contribution in [0.3, 0.4) is 0 Å². The summed E-state index contributed by atoms with van der Waals surface area (Å²) in [6.07, 6.45) is 0. The highest BCUT2D eigenvalue weighted by Gasteiger charge is 2.16. The van der Waals surface area contributed by atoms with Crippen molar-refractivity contribution in [3.8, 4) is 5.75 Å². The molecule has 4 nitrogen and oxygen atoms in total. The SMILES string of the molecule is CC[NH+](CC(=O)Nc1cc(Cl)ccc1C)Cc1cc(C)ccc1OC. The maximum atomic E-state index is 12.5. The summed E-state index contributed by atoms with van der Waals surface area (Å²) in [4.78, 5) is 13.6. The van der Waals surface area contributed by atoms with Crippen molar-refractivity contribution in [3.05, 3.63) is 58.1 Å². The van der Waals surface area contributed by atoms with Crippen LogP contribution in [0.25, 0.3) is 0 Å². The minimum absolute atomic E-state index is 0.0196. The lowest BCUT2D eigenvalue weighted by Crippen LogP contribution is -3.11. The van der Waals surface area contributed by atoms with Crippen LogP contribution < -0.4 is 15.0 Å². The van der Waals surface area contributed by atoms with Crippen LogP contribution in [0.1, 0.15) is 23.6 Å². The lowest BCUT2D eigenvalue weighted by molar-refractivity contribution is -0.903. The van der Waals surface area contributed by atoms with Gasteiger partial charge in [-0.2, -0.15) is 0 Å². The molecule has 0 spiro atoms. The van der Waals surface area contributed by atoms with Crippen LogP contribution in [0.4, 0.5) is 5.69 Å². The van der Waals surface area contributed by atoms with Gasteiger partial charge in [-0.3, -0.25) is 4.79 Å². The summed E-state index contributed by atoms with van der Waals surface area (Å²) in [7, 11) is 1.68. The number of rotatable bonds is 7. The topological polar surface area (TPSA) is 42.8 Å². The van der Waals surface area contributed by atoms with Gasteiger partial charge < -0.3 is 15.0 Å². The number of nitrogens with one attached hydrogen (secondary N) is 2. The van der Waals surface area contributed by atoms with Crippen LogP contribution in [-0.2, 0) is 11.3 Å². The number of benzene rings is 2. The van der Waals surface area contributed by atoms with E-state index in [9.17, 15) is 4.79 Å². The Kier molecular flexibility index (Phi) is 6.85. The molecule has 5 heteroatoms. The third kappa shape index (κ3) is 5.48. The first-order chi connectivity index (χ1) is 11.9. The van der Waals surface area contributed by atoms with Crippen molar-refractivity contribution < 1.29 is 14.4 Å². The summed E-state index contributed by atoms with van der Waals surface area (Å²) in [6.45, 7) is 8.06. The molecule has 0 aliphatic heterocycles. The van der Waals surface area contributed by atoms with Gasteiger partial charge in [0.15, 0.2) is 6.54 Å². The fourth-order valence-corrected chi connectivity index (χ4v) is 2.95. The second kappa shape index (κ2) is 8.88. The van der Waals surface area contributed by atoms with Gasteiger partial charge in [0.1, 0.15) is 12.3 Å². The molecule has 0 aromatic heterocycles. The quantitative estimate of drug-likeness (QED) is 0.796. The molecule has 0 radical (unpaired) electrons. The Morgan fingerprint density at radius 3 is 2.64 bits per heavy atom. The fraction of sp³-hybridized carbons (Fsp3) is 0.350. The number of anilines is 1. The van der Waals surface area contributed by atoms with E-state index in [0.29, 0.717) is 11.6 Å². The van der Waals surface area contributed by atoms with E-state index in [1.807, 2.05) is 31.2 Å². The number of quaternary nitrogens is 1. The molecule has 0 fully saturated rings. The van der Waals surface area contributed by atoms with Gasteiger partial charge in [0, 0.05) is 16.3 Å². The van der Waals surface area contributed by atoms with E-state index in [1.165, 1.54) is 10.5 Å². The smallest absolute Gasteiger partial charge is 0.279 e. The molecule has 0 saturated carbocycles. The number of methoxy groups -OCH3 is 1. The minimum atomic E-state index is -0.0196. The molecule has 0 saturated heterocycles. The Labute approximate surface area is 154 Å². The average Bonchev–Trinajstić information content (AvgIpc) is 2.57. The molecule has 25 heavy (non-hydrogen) atoms. The summed E-state index contributed by atoms with van der Waals surface area (Å²) in [6, 6.07) is 11.6. The molecule has 0 aliphatic rings. The largest absolute Gasteiger partial charge is 0.496 e. The maximum absolute atomic E-state index is 12.5. The van der Waals surface area contributed by atoms with Crippen LogP contribution in [0.2, 0.25) is 5.02 Å². The highest BCUT2D eigenvalue weighted by Crippen LogP contribution is 2.20. The van der Waals surface area contributed by atoms with Gasteiger partial charge in [0.25, 0.3) is 5.91 Å². The first-order valence-corrected chi connectivity index (χ1v) is 8.83. The van der Waals surface area contributed by atoms with Crippen LogP contribution in [0.15, 0.2) is 36.4 Å². The highest BCUT2D eigenvalue weighted by atomic mass is 35.5. The molecular formula is C20H26ClN2O2+. The normalized spacial score (nSPS) is 11.9. The number of hydrogen-bond acceptors (Lipinski definition) is 2. The van der Waals surface area contributed by atoms with E-state index in [-0.39, 0.29) is 5.91 Å². The third-order valence-electron chi connectivity index (χ3n) is 4.26. The highest BCUT2D eigenvalue weighted by molar-refractivity contribution is 6.31. The zero-order valence-corrected chi connectivity index (χ0v) is 16.0. The molecule has 1 amide bonds. The molecule has 2 aromatic rings. The van der Waals surface area contributed by atoms with E-state index >= 15 is 0 Å². The number of carbonyl (C=O) groups is 1. The molecule has 0 heterocycles. The van der Waals surface area contributed by atoms with Crippen molar-refractivity contribution >= 4 is 23.2 Å². The van der Waals surface area contributed by atoms with E-state index in [2.05, 4.69) is 25.2 Å². The first-order valence-electron chi connectivity index (χ1n) is 8.46. The molecule has 2 aromatic carbocycles. The zero-order chi connectivity index (χ0) is 18.4. The van der Waals surface area contributed by atoms with E-state index in [1.54, 1.807) is 13.2 Å². The Morgan fingerprint density at radius 2 is 1.96 bits per heavy atom. The number of hydrogen-bond donors (Lipinski definition) is 2. The number of halogens is 1. The standard InChI is InChI=1S/C20H25ClN2O2/c1-5-23(12-16-10-14(2)6-9-19(16)25-4)13-20(24)22-18-11-17(21)8-7-15(18)3/h6-11H,5,12-13H2,1-4H3,(H,22,24)/p+1. The second-order valence-electron chi connectivity index (χ2n) is 6.28. The van der Waals surface area contributed by atoms with Crippen molar-refractivity contribution in [1.82, 2.24) is 0 Å². The number of amides is 1. The van der Waals surface area contributed by atoms with Crippen molar-refractivity contribution in [3.63, 3.8) is 0 Å². The van der Waals surface area contributed by atoms with Gasteiger partial charge in [0.05, 0.1) is 13.7 Å². The summed E-state index contributed by atoms with van der Waals surface area (Å²) >= 11 is 6.02. The van der Waals surface area contributed by atoms with Crippen LogP contribution in [-0.4, -0.2) is 26.1 Å². The Hall–Kier alpha value is -2.04. The number of carbonyl (C=O) groups excluding carboxylic acids is 1. The lowest BCUT2D eigenvalue weighted by atomic mass is 10.1. The average molecular weight is 362 g/mol. The van der Waals surface area contributed by atoms with Gasteiger partial charge in [-0.15, -0.1) is 0 Å².